The Morgan fingerprint density at radius 3 is 2.33 bits per heavy atom. The number of carbonyl (C=O) groups is 1. The summed E-state index contributed by atoms with van der Waals surface area (Å²) >= 11 is 1.11. The molecule has 1 saturated heterocycles. The van der Waals surface area contributed by atoms with Gasteiger partial charge in [-0.25, -0.2) is 0 Å². The molecule has 1 fully saturated rings. The summed E-state index contributed by atoms with van der Waals surface area (Å²) in [5.41, 5.74) is -2.47. The van der Waals surface area contributed by atoms with E-state index in [1.165, 1.54) is 9.24 Å². The van der Waals surface area contributed by atoms with E-state index in [-0.39, 0.29) is 17.3 Å². The summed E-state index contributed by atoms with van der Waals surface area (Å²) in [6.45, 7) is 7.39. The van der Waals surface area contributed by atoms with E-state index in [1.807, 2.05) is 37.4 Å². The van der Waals surface area contributed by atoms with Crippen molar-refractivity contribution in [1.82, 2.24) is 5.32 Å². The van der Waals surface area contributed by atoms with Crippen molar-refractivity contribution < 1.29 is 31.9 Å². The van der Waals surface area contributed by atoms with Gasteiger partial charge < -0.3 is 10.4 Å². The predicted molar refractivity (Wildman–Crippen MR) is 156 cm³/mol. The number of alkyl halides is 5. The molecule has 3 rings (SSSR count). The Morgan fingerprint density at radius 2 is 1.77 bits per heavy atom. The molecule has 2 aromatic carbocycles. The summed E-state index contributed by atoms with van der Waals surface area (Å²) in [5, 5.41) is 12.3. The number of nitrogens with one attached hydrogen (secondary N) is 1. The fourth-order valence-electron chi connectivity index (χ4n) is 3.55. The fourth-order valence-corrected chi connectivity index (χ4v) is 4.57. The van der Waals surface area contributed by atoms with Gasteiger partial charge in [-0.15, -0.1) is 0 Å². The first-order valence-corrected chi connectivity index (χ1v) is 13.7. The van der Waals surface area contributed by atoms with Crippen LogP contribution in [0.3, 0.4) is 0 Å². The molecule has 12 heteroatoms. The monoisotopic (exact) mass is 601 g/mol. The maximum absolute atomic E-state index is 13.2. The van der Waals surface area contributed by atoms with E-state index >= 15 is 0 Å². The first kappa shape index (κ1) is 33.6. The van der Waals surface area contributed by atoms with E-state index in [4.69, 9.17) is 0 Å². The first-order chi connectivity index (χ1) is 18.4. The van der Waals surface area contributed by atoms with E-state index < -0.39 is 28.6 Å². The van der Waals surface area contributed by atoms with Gasteiger partial charge in [0.05, 0.1) is 22.6 Å². The van der Waals surface area contributed by atoms with Gasteiger partial charge in [-0.1, -0.05) is 40.8 Å². The van der Waals surface area contributed by atoms with Crippen molar-refractivity contribution in [1.29, 1.82) is 0 Å². The maximum atomic E-state index is 13.2. The van der Waals surface area contributed by atoms with E-state index in [0.717, 1.165) is 45.5 Å². The van der Waals surface area contributed by atoms with Crippen LogP contribution >= 0.6 is 21.0 Å². The highest BCUT2D eigenvalue weighted by Crippen LogP contribution is 2.40. The van der Waals surface area contributed by atoms with Crippen LogP contribution in [0.25, 0.3) is 6.08 Å². The third-order valence-electron chi connectivity index (χ3n) is 5.47. The highest BCUT2D eigenvalue weighted by molar-refractivity contribution is 8.18. The molecule has 2 N–H and O–H groups in total. The lowest BCUT2D eigenvalue weighted by Crippen LogP contribution is -2.26. The van der Waals surface area contributed by atoms with Crippen molar-refractivity contribution in [2.75, 3.05) is 13.6 Å². The number of aliphatic hydroxyl groups is 1. The van der Waals surface area contributed by atoms with E-state index in [1.54, 1.807) is 27.8 Å². The molecule has 1 heterocycles. The lowest BCUT2D eigenvalue weighted by Gasteiger charge is -2.17. The number of rotatable bonds is 7. The maximum Gasteiger partial charge on any atom is 0.416 e. The van der Waals surface area contributed by atoms with E-state index in [9.17, 15) is 31.9 Å². The van der Waals surface area contributed by atoms with Gasteiger partial charge in [-0.3, -0.25) is 14.8 Å². The highest BCUT2D eigenvalue weighted by Gasteiger charge is 2.35. The Hall–Kier alpha value is -2.62. The molecule has 218 valence electrons. The second kappa shape index (κ2) is 13.8. The zero-order valence-electron chi connectivity index (χ0n) is 22.9. The zero-order valence-corrected chi connectivity index (χ0v) is 24.8. The summed E-state index contributed by atoms with van der Waals surface area (Å²) in [4.78, 5) is 20.8. The average molecular weight is 602 g/mol. The molecule has 40 heavy (non-hydrogen) atoms. The van der Waals surface area contributed by atoms with Gasteiger partial charge in [-0.2, -0.15) is 22.0 Å². The predicted octanol–water partition coefficient (Wildman–Crippen LogP) is 7.59. The van der Waals surface area contributed by atoms with Gasteiger partial charge in [0.15, 0.2) is 0 Å². The number of carbonyl (C=O) groups excluding carboxylic acids is 1. The molecular weight excluding hydrogens is 568 g/mol. The quantitative estimate of drug-likeness (QED) is 0.195. The zero-order chi connectivity index (χ0) is 30.3. The highest BCUT2D eigenvalue weighted by atomic mass is 32.2. The van der Waals surface area contributed by atoms with Crippen molar-refractivity contribution in [3.8, 4) is 0 Å². The van der Waals surface area contributed by atoms with Crippen LogP contribution in [-0.2, 0) is 18.3 Å². The number of hydrogen-bond acceptors (Lipinski definition) is 5. The number of thioether (sulfide) groups is 1. The standard InChI is InChI=1S/C17H21N3O2S.C11H12F5P/c1-11-5-6-12(7-13(11)9-18-4)8-14-15(20-16(21)23-14)19-10-17(2,3)22;1-2-3-7-4-5-8(10(12,13)14)6-9(7)11(15,16)17/h5-9,22H,10H2,1-4H3,(H,19,20,21);4-6H,2-3,17H2,1H3/b14-8-,18-9?;. The van der Waals surface area contributed by atoms with Crippen LogP contribution in [0.5, 0.6) is 0 Å². The Morgan fingerprint density at radius 1 is 1.10 bits per heavy atom. The average Bonchev–Trinajstić information content (AvgIpc) is 3.18. The summed E-state index contributed by atoms with van der Waals surface area (Å²) in [5.74, 6) is 0.508. The number of aliphatic imine (C=N–C) groups is 2. The first-order valence-electron chi connectivity index (χ1n) is 12.3. The molecule has 1 aliphatic heterocycles. The second-order valence-corrected chi connectivity index (χ2v) is 11.5. The van der Waals surface area contributed by atoms with Gasteiger partial charge in [0.2, 0.25) is 0 Å². The van der Waals surface area contributed by atoms with Crippen LogP contribution in [0.15, 0.2) is 51.3 Å². The Balaban J connectivity index is 0.000000294. The van der Waals surface area contributed by atoms with Gasteiger partial charge in [0.1, 0.15) is 5.84 Å². The van der Waals surface area contributed by atoms with Crippen molar-refractivity contribution in [3.05, 3.63) is 74.7 Å². The summed E-state index contributed by atoms with van der Waals surface area (Å²) < 4.78 is 63.7. The van der Waals surface area contributed by atoms with Crippen LogP contribution in [0, 0.1) is 6.92 Å². The Labute approximate surface area is 237 Å². The minimum Gasteiger partial charge on any atom is -0.389 e. The van der Waals surface area contributed by atoms with Crippen molar-refractivity contribution >= 4 is 44.4 Å². The number of hydrogen-bond donors (Lipinski definition) is 2. The molecule has 1 atom stereocenters. The molecule has 1 unspecified atom stereocenters. The third kappa shape index (κ3) is 10.4. The van der Waals surface area contributed by atoms with Crippen LogP contribution in [0.1, 0.15) is 60.6 Å². The molecular formula is C28H33F5N3O2PS. The normalized spacial score (nSPS) is 16.4. The molecule has 2 aromatic rings. The molecule has 0 aromatic heterocycles. The Bertz CT molecular complexity index is 1300. The lowest BCUT2D eigenvalue weighted by molar-refractivity contribution is -0.137. The minimum atomic E-state index is -4.60. The number of amidine groups is 1. The number of halogens is 5. The SMILES string of the molecule is CCCc1ccc(C(F)(F)F)cc1C(F)(F)P.CN=Cc1cc(/C=C2\SC(=O)NC2=NCC(C)(C)O)ccc1C. The summed E-state index contributed by atoms with van der Waals surface area (Å²) in [6.07, 6.45) is 0.0516. The van der Waals surface area contributed by atoms with Crippen molar-refractivity contribution in [2.45, 2.75) is 58.0 Å². The van der Waals surface area contributed by atoms with Gasteiger partial charge >= 0.3 is 6.18 Å². The van der Waals surface area contributed by atoms with Crippen LogP contribution in [0.4, 0.5) is 26.7 Å². The van der Waals surface area contributed by atoms with Gasteiger partial charge in [0.25, 0.3) is 10.9 Å². The molecule has 0 saturated carbocycles. The molecule has 1 aliphatic rings. The van der Waals surface area contributed by atoms with Crippen LogP contribution < -0.4 is 5.32 Å². The number of aryl methyl sites for hydroxylation is 2. The smallest absolute Gasteiger partial charge is 0.389 e. The molecule has 0 spiro atoms. The minimum absolute atomic E-state index is 0.159. The number of amides is 1. The van der Waals surface area contributed by atoms with Crippen LogP contribution in [0.2, 0.25) is 0 Å². The fraction of sp³-hybridized carbons (Fsp3) is 0.393. The molecule has 1 amide bonds. The largest absolute Gasteiger partial charge is 0.416 e. The summed E-state index contributed by atoms with van der Waals surface area (Å²) in [6, 6.07) is 8.52. The summed E-state index contributed by atoms with van der Waals surface area (Å²) in [7, 11) is 3.01. The number of benzene rings is 2. The van der Waals surface area contributed by atoms with Crippen LogP contribution in [-0.4, -0.2) is 41.6 Å². The van der Waals surface area contributed by atoms with Crippen molar-refractivity contribution in [2.24, 2.45) is 9.98 Å². The van der Waals surface area contributed by atoms with Gasteiger partial charge in [-0.05, 0) is 85.5 Å². The molecule has 5 nitrogen and oxygen atoms in total. The second-order valence-electron chi connectivity index (χ2n) is 9.75. The lowest BCUT2D eigenvalue weighted by atomic mass is 10.00. The van der Waals surface area contributed by atoms with E-state index in [0.29, 0.717) is 24.7 Å². The molecule has 0 aliphatic carbocycles. The third-order valence-corrected chi connectivity index (χ3v) is 6.60. The van der Waals surface area contributed by atoms with Gasteiger partial charge in [0, 0.05) is 18.8 Å². The van der Waals surface area contributed by atoms with Crippen molar-refractivity contribution in [3.63, 3.8) is 0 Å². The topological polar surface area (TPSA) is 74.0 Å². The van der Waals surface area contributed by atoms with E-state index in [2.05, 4.69) is 15.3 Å². The number of nitrogens with zero attached hydrogens (tertiary/aromatic N) is 2. The Kier molecular flexibility index (Phi) is 11.6. The molecule has 0 radical (unpaired) electrons. The molecule has 0 bridgehead atoms.